The molecule has 2 aromatic rings. The van der Waals surface area contributed by atoms with Crippen molar-refractivity contribution in [1.82, 2.24) is 10.3 Å². The molecule has 8 heteroatoms. The largest absolute Gasteiger partial charge is 0.455 e. The number of hydrogen-bond donors (Lipinski definition) is 1. The first-order chi connectivity index (χ1) is 10.5. The van der Waals surface area contributed by atoms with Crippen LogP contribution in [0.25, 0.3) is 11.3 Å². The molecule has 3 rings (SSSR count). The van der Waals surface area contributed by atoms with Gasteiger partial charge in [0, 0.05) is 5.56 Å². The van der Waals surface area contributed by atoms with E-state index in [1.54, 1.807) is 30.3 Å². The Labute approximate surface area is 135 Å². The van der Waals surface area contributed by atoms with E-state index in [1.165, 1.54) is 6.21 Å². The number of carbonyl (C=O) groups is 2. The van der Waals surface area contributed by atoms with Gasteiger partial charge in [-0.05, 0) is 30.3 Å². The molecule has 112 valence electrons. The average Bonchev–Trinajstić information content (AvgIpc) is 3.06. The Balaban J connectivity index is 1.77. The third-order valence-corrected chi connectivity index (χ3v) is 3.67. The lowest BCUT2D eigenvalue weighted by molar-refractivity contribution is -0.118. The van der Waals surface area contributed by atoms with Crippen LogP contribution in [0.4, 0.5) is 4.79 Å². The predicted octanol–water partition coefficient (Wildman–Crippen LogP) is 3.14. The molecule has 1 N–H and O–H groups in total. The molecule has 0 saturated carbocycles. The minimum atomic E-state index is -0.558. The number of rotatable bonds is 3. The molecule has 0 bridgehead atoms. The van der Waals surface area contributed by atoms with Crippen molar-refractivity contribution in [2.24, 2.45) is 5.10 Å². The summed E-state index contributed by atoms with van der Waals surface area (Å²) < 4.78 is 5.59. The van der Waals surface area contributed by atoms with Crippen molar-refractivity contribution in [2.45, 2.75) is 0 Å². The van der Waals surface area contributed by atoms with Gasteiger partial charge in [0.1, 0.15) is 18.1 Å². The van der Waals surface area contributed by atoms with Gasteiger partial charge in [0.2, 0.25) is 5.91 Å². The number of carbonyl (C=O) groups excluding carboxylic acids is 2. The summed E-state index contributed by atoms with van der Waals surface area (Å²) in [4.78, 5) is 22.4. The normalized spacial score (nSPS) is 14.9. The number of urea groups is 1. The van der Waals surface area contributed by atoms with Crippen LogP contribution in [0.3, 0.4) is 0 Å². The van der Waals surface area contributed by atoms with E-state index in [0.29, 0.717) is 21.6 Å². The molecule has 1 aliphatic rings. The molecule has 1 aliphatic heterocycles. The molecule has 1 saturated heterocycles. The lowest BCUT2D eigenvalue weighted by Gasteiger charge is -2.03. The van der Waals surface area contributed by atoms with E-state index in [1.807, 2.05) is 0 Å². The van der Waals surface area contributed by atoms with Crippen LogP contribution < -0.4 is 5.32 Å². The Kier molecular flexibility index (Phi) is 3.87. The van der Waals surface area contributed by atoms with Gasteiger partial charge in [-0.15, -0.1) is 0 Å². The minimum absolute atomic E-state index is 0.101. The third kappa shape index (κ3) is 2.98. The Morgan fingerprint density at radius 2 is 2.00 bits per heavy atom. The van der Waals surface area contributed by atoms with Crippen LogP contribution in [0, 0.1) is 0 Å². The van der Waals surface area contributed by atoms with Gasteiger partial charge in [0.05, 0.1) is 16.3 Å². The lowest BCUT2D eigenvalue weighted by atomic mass is 10.2. The molecule has 6 nitrogen and oxygen atoms in total. The van der Waals surface area contributed by atoms with E-state index in [0.717, 1.165) is 10.6 Å². The Morgan fingerprint density at radius 3 is 2.68 bits per heavy atom. The first-order valence-electron chi connectivity index (χ1n) is 6.23. The van der Waals surface area contributed by atoms with Gasteiger partial charge < -0.3 is 4.42 Å². The fourth-order valence-electron chi connectivity index (χ4n) is 1.88. The van der Waals surface area contributed by atoms with Crippen LogP contribution in [0.2, 0.25) is 10.0 Å². The van der Waals surface area contributed by atoms with E-state index in [2.05, 4.69) is 10.4 Å². The lowest BCUT2D eigenvalue weighted by Crippen LogP contribution is -2.24. The van der Waals surface area contributed by atoms with Crippen molar-refractivity contribution in [2.75, 3.05) is 6.54 Å². The number of benzene rings is 1. The number of hydrazone groups is 1. The van der Waals surface area contributed by atoms with Gasteiger partial charge in [-0.2, -0.15) is 5.10 Å². The molecule has 0 aliphatic carbocycles. The number of imide groups is 1. The first-order valence-corrected chi connectivity index (χ1v) is 6.99. The van der Waals surface area contributed by atoms with Crippen molar-refractivity contribution < 1.29 is 14.0 Å². The molecule has 1 fully saturated rings. The molecule has 2 heterocycles. The Hall–Kier alpha value is -2.31. The topological polar surface area (TPSA) is 74.9 Å². The maximum absolute atomic E-state index is 11.3. The molecule has 0 atom stereocenters. The molecular formula is C14H9Cl2N3O3. The average molecular weight is 338 g/mol. The standard InChI is InChI=1S/C14H9Cl2N3O3/c15-10-3-1-8(5-11(10)16)12-4-2-9(22-12)6-17-19-7-13(20)18-14(19)21/h1-6H,7H2,(H,18,20,21)/b17-6-. The second-order valence-corrected chi connectivity index (χ2v) is 5.30. The van der Waals surface area contributed by atoms with Gasteiger partial charge in [-0.25, -0.2) is 9.80 Å². The van der Waals surface area contributed by atoms with Crippen molar-refractivity contribution >= 4 is 41.4 Å². The van der Waals surface area contributed by atoms with Crippen LogP contribution in [-0.4, -0.2) is 29.7 Å². The summed E-state index contributed by atoms with van der Waals surface area (Å²) in [6, 6.07) is 8.03. The maximum atomic E-state index is 11.3. The number of nitrogens with one attached hydrogen (secondary N) is 1. The molecule has 0 radical (unpaired) electrons. The molecular weight excluding hydrogens is 329 g/mol. The van der Waals surface area contributed by atoms with E-state index in [4.69, 9.17) is 27.6 Å². The highest BCUT2D eigenvalue weighted by Crippen LogP contribution is 2.29. The molecule has 0 unspecified atom stereocenters. The van der Waals surface area contributed by atoms with Crippen molar-refractivity contribution in [3.05, 3.63) is 46.1 Å². The summed E-state index contributed by atoms with van der Waals surface area (Å²) in [7, 11) is 0. The van der Waals surface area contributed by atoms with Crippen LogP contribution in [0.5, 0.6) is 0 Å². The van der Waals surface area contributed by atoms with E-state index >= 15 is 0 Å². The molecule has 1 aromatic heterocycles. The Bertz CT molecular complexity index is 785. The SMILES string of the molecule is O=C1CN(/N=C\c2ccc(-c3ccc(Cl)c(Cl)c3)o2)C(=O)N1. The van der Waals surface area contributed by atoms with Crippen LogP contribution in [0.15, 0.2) is 39.9 Å². The van der Waals surface area contributed by atoms with Crippen molar-refractivity contribution in [3.63, 3.8) is 0 Å². The second-order valence-electron chi connectivity index (χ2n) is 4.49. The summed E-state index contributed by atoms with van der Waals surface area (Å²) in [6.07, 6.45) is 1.36. The van der Waals surface area contributed by atoms with Crippen LogP contribution in [-0.2, 0) is 4.79 Å². The number of furan rings is 1. The summed E-state index contributed by atoms with van der Waals surface area (Å²) >= 11 is 11.8. The van der Waals surface area contributed by atoms with Gasteiger partial charge in [0.15, 0.2) is 0 Å². The smallest absolute Gasteiger partial charge is 0.344 e. The number of hydrogen-bond acceptors (Lipinski definition) is 4. The van der Waals surface area contributed by atoms with Gasteiger partial charge in [0.25, 0.3) is 0 Å². The first kappa shape index (κ1) is 14.6. The zero-order chi connectivity index (χ0) is 15.7. The quantitative estimate of drug-likeness (QED) is 0.690. The third-order valence-electron chi connectivity index (χ3n) is 2.93. The van der Waals surface area contributed by atoms with E-state index < -0.39 is 11.9 Å². The minimum Gasteiger partial charge on any atom is -0.455 e. The number of halogens is 2. The molecule has 0 spiro atoms. The van der Waals surface area contributed by atoms with Gasteiger partial charge >= 0.3 is 6.03 Å². The predicted molar refractivity (Wildman–Crippen MR) is 82.0 cm³/mol. The number of amides is 3. The van der Waals surface area contributed by atoms with Crippen molar-refractivity contribution in [3.8, 4) is 11.3 Å². The van der Waals surface area contributed by atoms with Crippen LogP contribution in [0.1, 0.15) is 5.76 Å². The molecule has 1 aromatic carbocycles. The van der Waals surface area contributed by atoms with Gasteiger partial charge in [-0.1, -0.05) is 23.2 Å². The highest BCUT2D eigenvalue weighted by atomic mass is 35.5. The second kappa shape index (κ2) is 5.82. The monoisotopic (exact) mass is 337 g/mol. The molecule has 3 amide bonds. The van der Waals surface area contributed by atoms with Crippen LogP contribution >= 0.6 is 23.2 Å². The summed E-state index contributed by atoms with van der Waals surface area (Å²) in [5, 5.41) is 7.93. The van der Waals surface area contributed by atoms with E-state index in [9.17, 15) is 9.59 Å². The summed E-state index contributed by atoms with van der Waals surface area (Å²) in [5.41, 5.74) is 0.767. The van der Waals surface area contributed by atoms with Gasteiger partial charge in [-0.3, -0.25) is 10.1 Å². The summed E-state index contributed by atoms with van der Waals surface area (Å²) in [6.45, 7) is -0.101. The Morgan fingerprint density at radius 1 is 1.18 bits per heavy atom. The highest BCUT2D eigenvalue weighted by molar-refractivity contribution is 6.42. The molecule has 22 heavy (non-hydrogen) atoms. The van der Waals surface area contributed by atoms with Crippen molar-refractivity contribution in [1.29, 1.82) is 0 Å². The number of nitrogens with zero attached hydrogens (tertiary/aromatic N) is 2. The summed E-state index contributed by atoms with van der Waals surface area (Å²) in [5.74, 6) is 0.633. The maximum Gasteiger partial charge on any atom is 0.344 e. The van der Waals surface area contributed by atoms with E-state index in [-0.39, 0.29) is 6.54 Å². The zero-order valence-electron chi connectivity index (χ0n) is 11.0. The zero-order valence-corrected chi connectivity index (χ0v) is 12.6. The fraction of sp³-hybridized carbons (Fsp3) is 0.0714. The highest BCUT2D eigenvalue weighted by Gasteiger charge is 2.26. The fourth-order valence-corrected chi connectivity index (χ4v) is 2.18.